The summed E-state index contributed by atoms with van der Waals surface area (Å²) >= 11 is 4.98. The molecular formula is C9H6N2O2S. The monoisotopic (exact) mass is 206 g/mol. The van der Waals surface area contributed by atoms with Crippen LogP contribution in [0, 0.1) is 4.77 Å². The molecule has 0 amide bonds. The first-order valence-electron chi connectivity index (χ1n) is 4.07. The molecule has 70 valence electrons. The number of aromatic amines is 2. The van der Waals surface area contributed by atoms with Crippen molar-refractivity contribution in [2.45, 2.75) is 0 Å². The predicted octanol–water partition coefficient (Wildman–Crippen LogP) is 2.47. The van der Waals surface area contributed by atoms with Gasteiger partial charge in [-0.05, 0) is 12.2 Å². The van der Waals surface area contributed by atoms with E-state index in [1.54, 1.807) is 0 Å². The van der Waals surface area contributed by atoms with Gasteiger partial charge in [-0.2, -0.15) is 0 Å². The molecule has 1 aromatic carbocycles. The number of benzene rings is 1. The molecule has 1 aliphatic rings. The number of hydrogen-bond acceptors (Lipinski definition) is 3. The molecule has 1 aliphatic heterocycles. The Hall–Kier alpha value is -1.75. The third kappa shape index (κ3) is 1.03. The van der Waals surface area contributed by atoms with Gasteiger partial charge in [0.2, 0.25) is 0 Å². The summed E-state index contributed by atoms with van der Waals surface area (Å²) in [6.07, 6.45) is 2.99. The molecule has 0 fully saturated rings. The number of fused-ring (bicyclic) bond motifs is 2. The molecule has 0 saturated carbocycles. The Morgan fingerprint density at radius 3 is 1.93 bits per heavy atom. The molecule has 5 heteroatoms. The second kappa shape index (κ2) is 2.62. The Morgan fingerprint density at radius 1 is 0.929 bits per heavy atom. The van der Waals surface area contributed by atoms with Crippen molar-refractivity contribution in [1.82, 2.24) is 9.97 Å². The SMILES string of the molecule is S=c1[nH]c2cc3c(cc2[nH]1)OC=CO3. The van der Waals surface area contributed by atoms with Crippen LogP contribution in [0.15, 0.2) is 24.7 Å². The zero-order chi connectivity index (χ0) is 9.54. The second-order valence-corrected chi connectivity index (χ2v) is 3.34. The van der Waals surface area contributed by atoms with Crippen LogP contribution in [0.2, 0.25) is 0 Å². The largest absolute Gasteiger partial charge is 0.458 e. The van der Waals surface area contributed by atoms with Crippen molar-refractivity contribution in [2.75, 3.05) is 0 Å². The molecule has 0 radical (unpaired) electrons. The minimum atomic E-state index is 0.593. The van der Waals surface area contributed by atoms with E-state index in [4.69, 9.17) is 21.7 Å². The molecule has 0 unspecified atom stereocenters. The summed E-state index contributed by atoms with van der Waals surface area (Å²) in [4.78, 5) is 6.02. The lowest BCUT2D eigenvalue weighted by Crippen LogP contribution is -1.95. The molecule has 0 atom stereocenters. The van der Waals surface area contributed by atoms with Gasteiger partial charge in [-0.3, -0.25) is 0 Å². The fourth-order valence-corrected chi connectivity index (χ4v) is 1.65. The summed E-state index contributed by atoms with van der Waals surface area (Å²) in [6.45, 7) is 0. The summed E-state index contributed by atoms with van der Waals surface area (Å²) in [6, 6.07) is 3.70. The van der Waals surface area contributed by atoms with Crippen LogP contribution in [-0.4, -0.2) is 9.97 Å². The van der Waals surface area contributed by atoms with Crippen molar-refractivity contribution in [3.05, 3.63) is 29.4 Å². The molecule has 0 spiro atoms. The van der Waals surface area contributed by atoms with E-state index in [1.165, 1.54) is 12.5 Å². The van der Waals surface area contributed by atoms with Gasteiger partial charge in [-0.25, -0.2) is 0 Å². The Kier molecular flexibility index (Phi) is 1.43. The number of hydrogen-bond donors (Lipinski definition) is 2. The first kappa shape index (κ1) is 7.64. The van der Waals surface area contributed by atoms with E-state index in [9.17, 15) is 0 Å². The van der Waals surface area contributed by atoms with E-state index < -0.39 is 0 Å². The van der Waals surface area contributed by atoms with Gasteiger partial charge in [0.25, 0.3) is 0 Å². The van der Waals surface area contributed by atoms with Crippen molar-refractivity contribution < 1.29 is 9.47 Å². The minimum Gasteiger partial charge on any atom is -0.458 e. The van der Waals surface area contributed by atoms with Crippen LogP contribution in [0.4, 0.5) is 0 Å². The molecule has 0 aliphatic carbocycles. The summed E-state index contributed by atoms with van der Waals surface area (Å²) in [7, 11) is 0. The van der Waals surface area contributed by atoms with Gasteiger partial charge < -0.3 is 19.4 Å². The van der Waals surface area contributed by atoms with Crippen LogP contribution in [0.25, 0.3) is 11.0 Å². The first-order valence-corrected chi connectivity index (χ1v) is 4.48. The minimum absolute atomic E-state index is 0.593. The predicted molar refractivity (Wildman–Crippen MR) is 53.9 cm³/mol. The van der Waals surface area contributed by atoms with Crippen LogP contribution in [0.1, 0.15) is 0 Å². The standard InChI is InChI=1S/C9H6N2O2S/c14-9-10-5-3-7-8(4-6(5)11-9)13-2-1-12-7/h1-4H,(H2,10,11,14). The van der Waals surface area contributed by atoms with Crippen LogP contribution >= 0.6 is 12.2 Å². The molecule has 3 rings (SSSR count). The summed E-state index contributed by atoms with van der Waals surface area (Å²) < 4.78 is 11.1. The number of nitrogens with one attached hydrogen (secondary N) is 2. The average Bonchev–Trinajstić information content (AvgIpc) is 2.53. The lowest BCUT2D eigenvalue weighted by molar-refractivity contribution is 0.362. The molecule has 0 saturated heterocycles. The zero-order valence-corrected chi connectivity index (χ0v) is 7.85. The van der Waals surface area contributed by atoms with Crippen molar-refractivity contribution in [2.24, 2.45) is 0 Å². The lowest BCUT2D eigenvalue weighted by Gasteiger charge is -2.11. The smallest absolute Gasteiger partial charge is 0.175 e. The third-order valence-electron chi connectivity index (χ3n) is 2.03. The topological polar surface area (TPSA) is 50.0 Å². The number of rotatable bonds is 0. The normalized spacial score (nSPS) is 13.4. The van der Waals surface area contributed by atoms with E-state index in [1.807, 2.05) is 12.1 Å². The van der Waals surface area contributed by atoms with Crippen LogP contribution in [0.3, 0.4) is 0 Å². The number of ether oxygens (including phenoxy) is 2. The van der Waals surface area contributed by atoms with E-state index in [0.29, 0.717) is 16.3 Å². The highest BCUT2D eigenvalue weighted by molar-refractivity contribution is 7.71. The van der Waals surface area contributed by atoms with Crippen molar-refractivity contribution >= 4 is 23.3 Å². The lowest BCUT2D eigenvalue weighted by atomic mass is 10.2. The van der Waals surface area contributed by atoms with Crippen LogP contribution < -0.4 is 9.47 Å². The molecule has 2 aromatic rings. The molecule has 14 heavy (non-hydrogen) atoms. The van der Waals surface area contributed by atoms with Crippen molar-refractivity contribution in [3.63, 3.8) is 0 Å². The summed E-state index contributed by atoms with van der Waals surface area (Å²) in [5.74, 6) is 1.37. The second-order valence-electron chi connectivity index (χ2n) is 2.93. The van der Waals surface area contributed by atoms with Gasteiger partial charge in [0.15, 0.2) is 16.3 Å². The summed E-state index contributed by atoms with van der Waals surface area (Å²) in [5, 5.41) is 0. The number of H-pyrrole nitrogens is 2. The van der Waals surface area contributed by atoms with Gasteiger partial charge in [-0.1, -0.05) is 0 Å². The van der Waals surface area contributed by atoms with Gasteiger partial charge >= 0.3 is 0 Å². The fourth-order valence-electron chi connectivity index (χ4n) is 1.43. The molecular weight excluding hydrogens is 200 g/mol. The Labute approximate surface area is 84.2 Å². The third-order valence-corrected chi connectivity index (χ3v) is 2.23. The molecule has 0 bridgehead atoms. The van der Waals surface area contributed by atoms with E-state index >= 15 is 0 Å². The highest BCUT2D eigenvalue weighted by Crippen LogP contribution is 2.33. The number of imidazole rings is 1. The zero-order valence-electron chi connectivity index (χ0n) is 7.03. The first-order chi connectivity index (χ1) is 6.83. The molecule has 4 nitrogen and oxygen atoms in total. The Balaban J connectivity index is 2.34. The Bertz CT molecular complexity index is 534. The van der Waals surface area contributed by atoms with Gasteiger partial charge in [-0.15, -0.1) is 0 Å². The van der Waals surface area contributed by atoms with Crippen LogP contribution in [-0.2, 0) is 0 Å². The maximum atomic E-state index is 5.27. The molecule has 1 aromatic heterocycles. The highest BCUT2D eigenvalue weighted by Gasteiger charge is 2.10. The van der Waals surface area contributed by atoms with Crippen molar-refractivity contribution in [3.8, 4) is 11.5 Å². The average molecular weight is 206 g/mol. The van der Waals surface area contributed by atoms with Gasteiger partial charge in [0, 0.05) is 12.1 Å². The van der Waals surface area contributed by atoms with Gasteiger partial charge in [0.1, 0.15) is 12.5 Å². The van der Waals surface area contributed by atoms with Gasteiger partial charge in [0.05, 0.1) is 11.0 Å². The maximum Gasteiger partial charge on any atom is 0.175 e. The van der Waals surface area contributed by atoms with E-state index in [0.717, 1.165) is 11.0 Å². The highest BCUT2D eigenvalue weighted by atomic mass is 32.1. The molecule has 2 N–H and O–H groups in total. The Morgan fingerprint density at radius 2 is 1.43 bits per heavy atom. The van der Waals surface area contributed by atoms with E-state index in [2.05, 4.69) is 9.97 Å². The molecule has 2 heterocycles. The maximum absolute atomic E-state index is 5.27. The fraction of sp³-hybridized carbons (Fsp3) is 0. The summed E-state index contributed by atoms with van der Waals surface area (Å²) in [5.41, 5.74) is 1.82. The number of aromatic nitrogens is 2. The van der Waals surface area contributed by atoms with Crippen molar-refractivity contribution in [1.29, 1.82) is 0 Å². The van der Waals surface area contributed by atoms with Crippen LogP contribution in [0.5, 0.6) is 11.5 Å². The van der Waals surface area contributed by atoms with E-state index in [-0.39, 0.29) is 0 Å². The quantitative estimate of drug-likeness (QED) is 0.651.